The predicted molar refractivity (Wildman–Crippen MR) is 118 cm³/mol. The fraction of sp³-hybridized carbons (Fsp3) is 0.160. The second kappa shape index (κ2) is 8.22. The lowest BCUT2D eigenvalue weighted by atomic mass is 9.81. The van der Waals surface area contributed by atoms with Crippen molar-refractivity contribution in [2.24, 2.45) is 0 Å². The summed E-state index contributed by atoms with van der Waals surface area (Å²) >= 11 is 0. The smallest absolute Gasteiger partial charge is 0.128 e. The summed E-state index contributed by atoms with van der Waals surface area (Å²) in [6, 6.07) is 22.0. The largest absolute Gasteiger partial charge is 0.496 e. The van der Waals surface area contributed by atoms with Crippen molar-refractivity contribution >= 4 is 0 Å². The first-order valence-electron chi connectivity index (χ1n) is 9.86. The zero-order valence-electron chi connectivity index (χ0n) is 17.5. The molecule has 0 fully saturated rings. The Morgan fingerprint density at radius 3 is 2.16 bits per heavy atom. The molecule has 0 atom stereocenters. The number of hydrogen-bond acceptors (Lipinski definition) is 5. The lowest BCUT2D eigenvalue weighted by Crippen LogP contribution is -2.23. The van der Waals surface area contributed by atoms with Crippen LogP contribution in [-0.2, 0) is 0 Å². The standard InChI is InChI=1S/C25H21N5O/c1-16-20(13-26)24(21(14-27)17(2)28-16)22-15-30(18-9-5-4-6-10-18)29-25(22)19-11-7-8-12-23(19)31-3/h4-12,15,24,28H,1-3H3. The zero-order chi connectivity index (χ0) is 22.0. The van der Waals surface area contributed by atoms with Crippen LogP contribution in [0.1, 0.15) is 25.3 Å². The molecule has 0 radical (unpaired) electrons. The van der Waals surface area contributed by atoms with Crippen molar-refractivity contribution < 1.29 is 4.74 Å². The quantitative estimate of drug-likeness (QED) is 0.669. The summed E-state index contributed by atoms with van der Waals surface area (Å²) in [5.74, 6) is 0.156. The van der Waals surface area contributed by atoms with E-state index in [1.807, 2.05) is 74.6 Å². The van der Waals surface area contributed by atoms with Crippen LogP contribution in [0.4, 0.5) is 0 Å². The molecule has 0 bridgehead atoms. The van der Waals surface area contributed by atoms with Crippen LogP contribution < -0.4 is 10.1 Å². The van der Waals surface area contributed by atoms with Crippen LogP contribution in [0.2, 0.25) is 0 Å². The lowest BCUT2D eigenvalue weighted by Gasteiger charge is -2.26. The SMILES string of the molecule is COc1ccccc1-c1nn(-c2ccccc2)cc1C1C(C#N)=C(C)NC(C)=C1C#N. The third-order valence-corrected chi connectivity index (χ3v) is 5.44. The fourth-order valence-electron chi connectivity index (χ4n) is 3.96. The summed E-state index contributed by atoms with van der Waals surface area (Å²) in [6.07, 6.45) is 1.91. The van der Waals surface area contributed by atoms with Crippen LogP contribution in [-0.4, -0.2) is 16.9 Å². The molecule has 31 heavy (non-hydrogen) atoms. The third kappa shape index (κ3) is 3.45. The molecule has 4 rings (SSSR count). The van der Waals surface area contributed by atoms with E-state index in [1.54, 1.807) is 11.8 Å². The molecule has 1 aliphatic rings. The Kier molecular flexibility index (Phi) is 5.30. The number of nitrogens with zero attached hydrogens (tertiary/aromatic N) is 4. The Balaban J connectivity index is 2.03. The molecule has 0 aliphatic carbocycles. The minimum absolute atomic E-state index is 0.505. The summed E-state index contributed by atoms with van der Waals surface area (Å²) in [6.45, 7) is 3.71. The lowest BCUT2D eigenvalue weighted by molar-refractivity contribution is 0.416. The Bertz CT molecular complexity index is 1250. The normalized spacial score (nSPS) is 14.1. The van der Waals surface area contributed by atoms with Crippen LogP contribution in [0.5, 0.6) is 5.75 Å². The van der Waals surface area contributed by atoms with E-state index >= 15 is 0 Å². The zero-order valence-corrected chi connectivity index (χ0v) is 17.5. The summed E-state index contributed by atoms with van der Waals surface area (Å²) in [5, 5.41) is 27.9. The first-order chi connectivity index (χ1) is 15.1. The van der Waals surface area contributed by atoms with E-state index in [0.717, 1.165) is 28.2 Å². The van der Waals surface area contributed by atoms with Gasteiger partial charge in [0.15, 0.2) is 0 Å². The first-order valence-corrected chi connectivity index (χ1v) is 9.86. The van der Waals surface area contributed by atoms with Gasteiger partial charge in [-0.15, -0.1) is 0 Å². The molecule has 1 aliphatic heterocycles. The average Bonchev–Trinajstić information content (AvgIpc) is 3.24. The van der Waals surface area contributed by atoms with Gasteiger partial charge in [0.25, 0.3) is 0 Å². The number of nitriles is 2. The van der Waals surface area contributed by atoms with Gasteiger partial charge in [0.2, 0.25) is 0 Å². The summed E-state index contributed by atoms with van der Waals surface area (Å²) < 4.78 is 7.38. The van der Waals surface area contributed by atoms with Gasteiger partial charge < -0.3 is 10.1 Å². The molecule has 0 saturated carbocycles. The predicted octanol–water partition coefficient (Wildman–Crippen LogP) is 4.83. The second-order valence-electron chi connectivity index (χ2n) is 7.27. The van der Waals surface area contributed by atoms with Gasteiger partial charge in [0.05, 0.1) is 42.0 Å². The maximum absolute atomic E-state index is 9.95. The van der Waals surface area contributed by atoms with E-state index in [-0.39, 0.29) is 0 Å². The molecule has 1 aromatic heterocycles. The fourth-order valence-corrected chi connectivity index (χ4v) is 3.96. The highest BCUT2D eigenvalue weighted by Crippen LogP contribution is 2.43. The number of dihydropyridines is 1. The molecule has 152 valence electrons. The van der Waals surface area contributed by atoms with Crippen LogP contribution in [0.15, 0.2) is 83.3 Å². The Morgan fingerprint density at radius 1 is 0.935 bits per heavy atom. The number of aromatic nitrogens is 2. The van der Waals surface area contributed by atoms with E-state index < -0.39 is 5.92 Å². The number of allylic oxidation sites excluding steroid dienone is 4. The van der Waals surface area contributed by atoms with Crippen LogP contribution in [0.3, 0.4) is 0 Å². The Hall–Kier alpha value is -4.29. The summed E-state index contributed by atoms with van der Waals surface area (Å²) in [7, 11) is 1.62. The van der Waals surface area contributed by atoms with Crippen LogP contribution >= 0.6 is 0 Å². The number of ether oxygens (including phenoxy) is 1. The Morgan fingerprint density at radius 2 is 1.55 bits per heavy atom. The van der Waals surface area contributed by atoms with Gasteiger partial charge in [0, 0.05) is 28.7 Å². The van der Waals surface area contributed by atoms with E-state index in [0.29, 0.717) is 22.6 Å². The average molecular weight is 407 g/mol. The molecule has 6 nitrogen and oxygen atoms in total. The number of rotatable bonds is 4. The molecule has 0 amide bonds. The van der Waals surface area contributed by atoms with Gasteiger partial charge in [0.1, 0.15) is 11.4 Å². The van der Waals surface area contributed by atoms with Crippen molar-refractivity contribution in [3.8, 4) is 34.8 Å². The number of benzene rings is 2. The topological polar surface area (TPSA) is 86.7 Å². The molecular weight excluding hydrogens is 386 g/mol. The van der Waals surface area contributed by atoms with Gasteiger partial charge in [-0.3, -0.25) is 0 Å². The molecule has 0 spiro atoms. The number of hydrogen-bond donors (Lipinski definition) is 1. The minimum Gasteiger partial charge on any atom is -0.496 e. The number of para-hydroxylation sites is 2. The van der Waals surface area contributed by atoms with Crippen LogP contribution in [0, 0.1) is 22.7 Å². The second-order valence-corrected chi connectivity index (χ2v) is 7.27. The molecule has 6 heteroatoms. The van der Waals surface area contributed by atoms with Crippen molar-refractivity contribution in [2.45, 2.75) is 19.8 Å². The molecule has 1 N–H and O–H groups in total. The third-order valence-electron chi connectivity index (χ3n) is 5.44. The van der Waals surface area contributed by atoms with E-state index in [4.69, 9.17) is 9.84 Å². The maximum atomic E-state index is 9.95. The molecule has 0 saturated heterocycles. The first kappa shape index (κ1) is 20.0. The van der Waals surface area contributed by atoms with Crippen molar-refractivity contribution in [1.82, 2.24) is 15.1 Å². The van der Waals surface area contributed by atoms with Gasteiger partial charge in [-0.25, -0.2) is 4.68 Å². The van der Waals surface area contributed by atoms with Gasteiger partial charge >= 0.3 is 0 Å². The summed E-state index contributed by atoms with van der Waals surface area (Å²) in [4.78, 5) is 0. The molecule has 2 aromatic carbocycles. The Labute approximate surface area is 181 Å². The van der Waals surface area contributed by atoms with Crippen molar-refractivity contribution in [3.05, 3.63) is 88.9 Å². The molecule has 3 aromatic rings. The highest BCUT2D eigenvalue weighted by Gasteiger charge is 2.33. The maximum Gasteiger partial charge on any atom is 0.128 e. The molecular formula is C25H21N5O. The van der Waals surface area contributed by atoms with Gasteiger partial charge in [-0.1, -0.05) is 30.3 Å². The molecule has 2 heterocycles. The highest BCUT2D eigenvalue weighted by molar-refractivity contribution is 5.73. The molecule has 0 unspecified atom stereocenters. The van der Waals surface area contributed by atoms with E-state index in [2.05, 4.69) is 17.5 Å². The van der Waals surface area contributed by atoms with E-state index in [1.165, 1.54) is 0 Å². The van der Waals surface area contributed by atoms with Crippen molar-refractivity contribution in [3.63, 3.8) is 0 Å². The monoisotopic (exact) mass is 407 g/mol. The van der Waals surface area contributed by atoms with Gasteiger partial charge in [-0.05, 0) is 38.1 Å². The summed E-state index contributed by atoms with van der Waals surface area (Å²) in [5.41, 5.74) is 5.63. The van der Waals surface area contributed by atoms with Crippen molar-refractivity contribution in [2.75, 3.05) is 7.11 Å². The van der Waals surface area contributed by atoms with Gasteiger partial charge in [-0.2, -0.15) is 15.6 Å². The highest BCUT2D eigenvalue weighted by atomic mass is 16.5. The van der Waals surface area contributed by atoms with Crippen molar-refractivity contribution in [1.29, 1.82) is 10.5 Å². The minimum atomic E-state index is -0.520. The number of methoxy groups -OCH3 is 1. The van der Waals surface area contributed by atoms with E-state index in [9.17, 15) is 10.5 Å². The number of nitrogens with one attached hydrogen (secondary N) is 1. The van der Waals surface area contributed by atoms with Crippen LogP contribution in [0.25, 0.3) is 16.9 Å².